The van der Waals surface area contributed by atoms with Gasteiger partial charge in [0.15, 0.2) is 0 Å². The van der Waals surface area contributed by atoms with Crippen molar-refractivity contribution >= 4 is 5.97 Å². The zero-order valence-corrected chi connectivity index (χ0v) is 11.2. The van der Waals surface area contributed by atoms with Crippen LogP contribution in [0.3, 0.4) is 0 Å². The van der Waals surface area contributed by atoms with Crippen LogP contribution < -0.4 is 0 Å². The van der Waals surface area contributed by atoms with E-state index in [-0.39, 0.29) is 12.1 Å². The van der Waals surface area contributed by atoms with Crippen molar-refractivity contribution in [3.8, 4) is 0 Å². The van der Waals surface area contributed by atoms with Crippen molar-refractivity contribution in [3.63, 3.8) is 0 Å². The lowest BCUT2D eigenvalue weighted by Gasteiger charge is -2.38. The van der Waals surface area contributed by atoms with E-state index in [9.17, 15) is 4.79 Å². The first kappa shape index (κ1) is 11.5. The predicted molar refractivity (Wildman–Crippen MR) is 71.8 cm³/mol. The number of ether oxygens (including phenoxy) is 1. The fraction of sp³-hybridized carbons (Fsp3) is 0.562. The highest BCUT2D eigenvalue weighted by Gasteiger charge is 2.60. The highest BCUT2D eigenvalue weighted by atomic mass is 16.5. The number of piperidine rings is 2. The fourth-order valence-corrected chi connectivity index (χ4v) is 4.18. The van der Waals surface area contributed by atoms with Crippen molar-refractivity contribution in [2.45, 2.75) is 37.5 Å². The molecule has 19 heavy (non-hydrogen) atoms. The Labute approximate surface area is 113 Å². The number of rotatable bonds is 2. The molecule has 0 radical (unpaired) electrons. The van der Waals surface area contributed by atoms with Gasteiger partial charge in [-0.2, -0.15) is 0 Å². The van der Waals surface area contributed by atoms with E-state index in [0.29, 0.717) is 17.6 Å². The Hall–Kier alpha value is -1.35. The number of benzene rings is 1. The summed E-state index contributed by atoms with van der Waals surface area (Å²) in [5, 5.41) is 0. The SMILES string of the molecule is CN1C2CC(OC(=O)c3ccccc3)CC1[C@@H]1CC21. The lowest BCUT2D eigenvalue weighted by atomic mass is 9.96. The largest absolute Gasteiger partial charge is 0.459 e. The molecule has 1 aliphatic carbocycles. The van der Waals surface area contributed by atoms with Crippen molar-refractivity contribution in [2.75, 3.05) is 7.05 Å². The van der Waals surface area contributed by atoms with Crippen LogP contribution in [0.2, 0.25) is 0 Å². The third kappa shape index (κ3) is 1.79. The Morgan fingerprint density at radius 1 is 1.11 bits per heavy atom. The molecule has 0 N–H and O–H groups in total. The molecule has 1 saturated carbocycles. The molecule has 3 fully saturated rings. The average molecular weight is 257 g/mol. The number of nitrogens with zero attached hydrogens (tertiary/aromatic N) is 1. The van der Waals surface area contributed by atoms with Crippen molar-refractivity contribution in [3.05, 3.63) is 35.9 Å². The zero-order chi connectivity index (χ0) is 13.0. The summed E-state index contributed by atoms with van der Waals surface area (Å²) in [6, 6.07) is 10.6. The smallest absolute Gasteiger partial charge is 0.338 e. The molecule has 2 bridgehead atoms. The summed E-state index contributed by atoms with van der Waals surface area (Å²) in [6.07, 6.45) is 3.56. The summed E-state index contributed by atoms with van der Waals surface area (Å²) in [4.78, 5) is 14.6. The van der Waals surface area contributed by atoms with E-state index in [4.69, 9.17) is 4.74 Å². The van der Waals surface area contributed by atoms with Gasteiger partial charge < -0.3 is 4.74 Å². The van der Waals surface area contributed by atoms with E-state index in [0.717, 1.165) is 24.7 Å². The maximum Gasteiger partial charge on any atom is 0.338 e. The molecular formula is C16H19NO2. The topological polar surface area (TPSA) is 29.5 Å². The Morgan fingerprint density at radius 2 is 1.74 bits per heavy atom. The molecular weight excluding hydrogens is 238 g/mol. The van der Waals surface area contributed by atoms with Gasteiger partial charge in [-0.15, -0.1) is 0 Å². The van der Waals surface area contributed by atoms with Gasteiger partial charge in [0.05, 0.1) is 5.56 Å². The summed E-state index contributed by atoms with van der Waals surface area (Å²) >= 11 is 0. The van der Waals surface area contributed by atoms with Gasteiger partial charge in [0.1, 0.15) is 6.10 Å². The van der Waals surface area contributed by atoms with Gasteiger partial charge >= 0.3 is 5.97 Å². The summed E-state index contributed by atoms with van der Waals surface area (Å²) in [5.41, 5.74) is 0.666. The standard InChI is InChI=1S/C16H19NO2/c1-17-14-7-11(8-15(17)13-9-12(13)14)19-16(18)10-5-3-2-4-6-10/h2-6,11-15H,7-9H2,1H3/t11?,12-,13?,14?,15?/m1/s1. The molecule has 5 atom stereocenters. The fourth-order valence-electron chi connectivity index (χ4n) is 4.18. The van der Waals surface area contributed by atoms with Gasteiger partial charge in [0, 0.05) is 24.9 Å². The first-order valence-electron chi connectivity index (χ1n) is 7.22. The van der Waals surface area contributed by atoms with Crippen molar-refractivity contribution in [2.24, 2.45) is 11.8 Å². The Kier molecular flexibility index (Phi) is 2.46. The van der Waals surface area contributed by atoms with E-state index in [1.54, 1.807) is 0 Å². The molecule has 0 aromatic heterocycles. The van der Waals surface area contributed by atoms with Crippen LogP contribution in [0.4, 0.5) is 0 Å². The zero-order valence-electron chi connectivity index (χ0n) is 11.2. The molecule has 0 amide bonds. The first-order valence-corrected chi connectivity index (χ1v) is 7.22. The number of esters is 1. The predicted octanol–water partition coefficient (Wildman–Crippen LogP) is 2.32. The second kappa shape index (κ2) is 4.07. The summed E-state index contributed by atoms with van der Waals surface area (Å²) < 4.78 is 5.71. The highest BCUT2D eigenvalue weighted by Crippen LogP contribution is 2.58. The maximum absolute atomic E-state index is 12.1. The van der Waals surface area contributed by atoms with Gasteiger partial charge in [-0.05, 0) is 37.4 Å². The average Bonchev–Trinajstić information content (AvgIpc) is 3.18. The number of hydrogen-bond acceptors (Lipinski definition) is 3. The van der Waals surface area contributed by atoms with Gasteiger partial charge in [0.2, 0.25) is 0 Å². The van der Waals surface area contributed by atoms with Crippen molar-refractivity contribution in [1.82, 2.24) is 4.90 Å². The minimum atomic E-state index is -0.164. The van der Waals surface area contributed by atoms with Crippen LogP contribution in [0.15, 0.2) is 30.3 Å². The van der Waals surface area contributed by atoms with Gasteiger partial charge in [-0.1, -0.05) is 18.2 Å². The summed E-state index contributed by atoms with van der Waals surface area (Å²) in [5.74, 6) is 1.61. The minimum Gasteiger partial charge on any atom is -0.459 e. The number of fused-ring (bicyclic) bond motifs is 5. The lowest BCUT2D eigenvalue weighted by Crippen LogP contribution is -2.46. The number of carbonyl (C=O) groups is 1. The van der Waals surface area contributed by atoms with Crippen molar-refractivity contribution in [1.29, 1.82) is 0 Å². The van der Waals surface area contributed by atoms with E-state index in [1.807, 2.05) is 30.3 Å². The second-order valence-electron chi connectivity index (χ2n) is 6.23. The van der Waals surface area contributed by atoms with Gasteiger partial charge in [0.25, 0.3) is 0 Å². The number of hydrogen-bond donors (Lipinski definition) is 0. The highest BCUT2D eigenvalue weighted by molar-refractivity contribution is 5.89. The Balaban J connectivity index is 1.44. The molecule has 2 saturated heterocycles. The van der Waals surface area contributed by atoms with E-state index >= 15 is 0 Å². The molecule has 100 valence electrons. The molecule has 0 spiro atoms. The normalized spacial score (nSPS) is 39.7. The number of carbonyl (C=O) groups excluding carboxylic acids is 1. The Bertz CT molecular complexity index is 483. The van der Waals surface area contributed by atoms with Crippen LogP contribution in [-0.2, 0) is 4.74 Å². The van der Waals surface area contributed by atoms with Gasteiger partial charge in [-0.25, -0.2) is 4.79 Å². The van der Waals surface area contributed by atoms with Crippen LogP contribution in [0, 0.1) is 11.8 Å². The quantitative estimate of drug-likeness (QED) is 0.762. The van der Waals surface area contributed by atoms with Crippen LogP contribution >= 0.6 is 0 Å². The second-order valence-corrected chi connectivity index (χ2v) is 6.23. The minimum absolute atomic E-state index is 0.117. The summed E-state index contributed by atoms with van der Waals surface area (Å²) in [7, 11) is 2.23. The van der Waals surface area contributed by atoms with Gasteiger partial charge in [-0.3, -0.25) is 4.90 Å². The van der Waals surface area contributed by atoms with Crippen LogP contribution in [0.5, 0.6) is 0 Å². The molecule has 1 aromatic carbocycles. The molecule has 3 nitrogen and oxygen atoms in total. The van der Waals surface area contributed by atoms with Crippen LogP contribution in [-0.4, -0.2) is 36.1 Å². The van der Waals surface area contributed by atoms with Crippen molar-refractivity contribution < 1.29 is 9.53 Å². The third-order valence-corrected chi connectivity index (χ3v) is 5.22. The van der Waals surface area contributed by atoms with E-state index in [2.05, 4.69) is 11.9 Å². The molecule has 4 unspecified atom stereocenters. The molecule has 3 aliphatic rings. The van der Waals surface area contributed by atoms with Crippen LogP contribution in [0.25, 0.3) is 0 Å². The monoisotopic (exact) mass is 257 g/mol. The third-order valence-electron chi connectivity index (χ3n) is 5.22. The molecule has 2 aliphatic heterocycles. The van der Waals surface area contributed by atoms with Crippen LogP contribution in [0.1, 0.15) is 29.6 Å². The molecule has 3 heteroatoms. The van der Waals surface area contributed by atoms with E-state index in [1.165, 1.54) is 6.42 Å². The lowest BCUT2D eigenvalue weighted by molar-refractivity contribution is -0.00794. The molecule has 4 rings (SSSR count). The molecule has 2 heterocycles. The summed E-state index contributed by atoms with van der Waals surface area (Å²) in [6.45, 7) is 0. The Morgan fingerprint density at radius 3 is 2.37 bits per heavy atom. The molecule has 1 aromatic rings. The first-order chi connectivity index (χ1) is 9.24. The van der Waals surface area contributed by atoms with E-state index < -0.39 is 0 Å². The maximum atomic E-state index is 12.1.